The van der Waals surface area contributed by atoms with E-state index in [2.05, 4.69) is 49.2 Å². The normalized spacial score (nSPS) is 12.7. The van der Waals surface area contributed by atoms with Gasteiger partial charge in [-0.25, -0.2) is 0 Å². The Balaban J connectivity index is 1.99. The number of pyridine rings is 1. The van der Waals surface area contributed by atoms with Gasteiger partial charge in [-0.05, 0) is 30.0 Å². The summed E-state index contributed by atoms with van der Waals surface area (Å²) < 4.78 is 0. The second-order valence-electron chi connectivity index (χ2n) is 5.52. The van der Waals surface area contributed by atoms with Crippen molar-refractivity contribution in [1.29, 1.82) is 0 Å². The topological polar surface area (TPSA) is 12.9 Å². The third kappa shape index (κ3) is 3.79. The minimum Gasteiger partial charge on any atom is -0.256 e. The molecule has 0 N–H and O–H groups in total. The Hall–Kier alpha value is -1.37. The van der Waals surface area contributed by atoms with Crippen LogP contribution in [0.2, 0.25) is 0 Å². The zero-order valence-electron chi connectivity index (χ0n) is 12.2. The van der Waals surface area contributed by atoms with Crippen LogP contribution in [0, 0.1) is 0 Å². The molecule has 0 aliphatic rings. The molecule has 2 rings (SSSR count). The average Bonchev–Trinajstić information content (AvgIpc) is 2.46. The van der Waals surface area contributed by atoms with Gasteiger partial charge in [0.1, 0.15) is 0 Å². The highest BCUT2D eigenvalue weighted by Gasteiger charge is 2.09. The van der Waals surface area contributed by atoms with Crippen LogP contribution in [0.15, 0.2) is 36.5 Å². The van der Waals surface area contributed by atoms with Gasteiger partial charge >= 0.3 is 0 Å². The number of hydrogen-bond acceptors (Lipinski definition) is 1. The Morgan fingerprint density at radius 3 is 2.63 bits per heavy atom. The molecule has 0 aliphatic heterocycles. The molecule has 19 heavy (non-hydrogen) atoms. The van der Waals surface area contributed by atoms with Gasteiger partial charge in [0.05, 0.1) is 5.52 Å². The average molecular weight is 255 g/mol. The van der Waals surface area contributed by atoms with E-state index in [0.29, 0.717) is 5.92 Å². The fraction of sp³-hybridized carbons (Fsp3) is 0.500. The molecule has 0 aliphatic carbocycles. The highest BCUT2D eigenvalue weighted by Crippen LogP contribution is 2.27. The first-order valence-electron chi connectivity index (χ1n) is 7.66. The summed E-state index contributed by atoms with van der Waals surface area (Å²) in [5.74, 6) is 0.634. The number of nitrogens with zero attached hydrogens (tertiary/aromatic N) is 1. The number of hydrogen-bond donors (Lipinski definition) is 0. The van der Waals surface area contributed by atoms with Crippen molar-refractivity contribution in [2.24, 2.45) is 0 Å². The summed E-state index contributed by atoms with van der Waals surface area (Å²) in [5.41, 5.74) is 2.58. The second kappa shape index (κ2) is 7.28. The number of fused-ring (bicyclic) bond motifs is 1. The van der Waals surface area contributed by atoms with Crippen molar-refractivity contribution in [3.05, 3.63) is 42.1 Å². The van der Waals surface area contributed by atoms with Crippen molar-refractivity contribution in [3.8, 4) is 0 Å². The Bertz CT molecular complexity index is 499. The number of rotatable bonds is 7. The predicted octanol–water partition coefficient (Wildman–Crippen LogP) is 5.70. The molecule has 1 atom stereocenters. The lowest BCUT2D eigenvalue weighted by atomic mass is 9.92. The molecule has 0 saturated carbocycles. The molecule has 1 unspecified atom stereocenters. The van der Waals surface area contributed by atoms with Gasteiger partial charge in [-0.15, -0.1) is 0 Å². The first-order chi connectivity index (χ1) is 9.33. The fourth-order valence-electron chi connectivity index (χ4n) is 2.76. The van der Waals surface area contributed by atoms with Crippen molar-refractivity contribution in [2.75, 3.05) is 0 Å². The van der Waals surface area contributed by atoms with Crippen LogP contribution in [-0.4, -0.2) is 4.98 Å². The van der Waals surface area contributed by atoms with E-state index in [4.69, 9.17) is 0 Å². The van der Waals surface area contributed by atoms with Gasteiger partial charge in [0.25, 0.3) is 0 Å². The summed E-state index contributed by atoms with van der Waals surface area (Å²) in [6, 6.07) is 10.7. The predicted molar refractivity (Wildman–Crippen MR) is 83.5 cm³/mol. The Morgan fingerprint density at radius 2 is 1.79 bits per heavy atom. The van der Waals surface area contributed by atoms with Crippen molar-refractivity contribution in [3.63, 3.8) is 0 Å². The molecule has 0 fully saturated rings. The van der Waals surface area contributed by atoms with Crippen LogP contribution in [-0.2, 0) is 0 Å². The third-order valence-electron chi connectivity index (χ3n) is 3.95. The maximum Gasteiger partial charge on any atom is 0.0704 e. The van der Waals surface area contributed by atoms with Gasteiger partial charge in [0.15, 0.2) is 0 Å². The number of aromatic nitrogens is 1. The van der Waals surface area contributed by atoms with Gasteiger partial charge in [-0.2, -0.15) is 0 Å². The third-order valence-corrected chi connectivity index (χ3v) is 3.95. The van der Waals surface area contributed by atoms with E-state index in [-0.39, 0.29) is 0 Å². The van der Waals surface area contributed by atoms with Crippen molar-refractivity contribution in [2.45, 2.75) is 58.3 Å². The Labute approximate surface area is 117 Å². The zero-order valence-corrected chi connectivity index (χ0v) is 12.2. The molecule has 0 amide bonds. The van der Waals surface area contributed by atoms with Crippen molar-refractivity contribution < 1.29 is 0 Å². The summed E-state index contributed by atoms with van der Waals surface area (Å²) in [6.07, 6.45) is 10.1. The Kier molecular flexibility index (Phi) is 5.38. The van der Waals surface area contributed by atoms with E-state index in [1.54, 1.807) is 0 Å². The molecular formula is C18H25N. The van der Waals surface area contributed by atoms with E-state index in [1.807, 2.05) is 6.20 Å². The molecule has 0 radical (unpaired) electrons. The fourth-order valence-corrected chi connectivity index (χ4v) is 2.76. The van der Waals surface area contributed by atoms with Crippen molar-refractivity contribution >= 4 is 10.9 Å². The lowest BCUT2D eigenvalue weighted by Gasteiger charge is -2.14. The summed E-state index contributed by atoms with van der Waals surface area (Å²) in [5, 5.41) is 1.33. The molecule has 2 aromatic rings. The van der Waals surface area contributed by atoms with Crippen LogP contribution >= 0.6 is 0 Å². The van der Waals surface area contributed by atoms with E-state index in [0.717, 1.165) is 5.52 Å². The maximum absolute atomic E-state index is 4.45. The van der Waals surface area contributed by atoms with Gasteiger partial charge < -0.3 is 0 Å². The molecule has 0 bridgehead atoms. The summed E-state index contributed by atoms with van der Waals surface area (Å²) in [4.78, 5) is 4.45. The van der Waals surface area contributed by atoms with E-state index < -0.39 is 0 Å². The minimum atomic E-state index is 0.634. The largest absolute Gasteiger partial charge is 0.256 e. The smallest absolute Gasteiger partial charge is 0.0704 e. The number of unbranched alkanes of at least 4 members (excludes halogenated alkanes) is 4. The van der Waals surface area contributed by atoms with Crippen LogP contribution in [0.25, 0.3) is 10.9 Å². The first kappa shape index (κ1) is 14.0. The minimum absolute atomic E-state index is 0.634. The molecule has 0 saturated heterocycles. The molecule has 1 aromatic heterocycles. The molecule has 102 valence electrons. The molecule has 1 heterocycles. The van der Waals surface area contributed by atoms with E-state index >= 15 is 0 Å². The lowest BCUT2D eigenvalue weighted by molar-refractivity contribution is 0.568. The van der Waals surface area contributed by atoms with E-state index in [1.165, 1.54) is 49.5 Å². The SMILES string of the molecule is CCCCCCCC(C)c1ccnc2ccccc12. The lowest BCUT2D eigenvalue weighted by Crippen LogP contribution is -1.96. The van der Waals surface area contributed by atoms with Gasteiger partial charge in [-0.1, -0.05) is 64.2 Å². The van der Waals surface area contributed by atoms with Crippen LogP contribution in [0.3, 0.4) is 0 Å². The van der Waals surface area contributed by atoms with Crippen LogP contribution < -0.4 is 0 Å². The van der Waals surface area contributed by atoms with Gasteiger partial charge in [0, 0.05) is 11.6 Å². The van der Waals surface area contributed by atoms with Crippen molar-refractivity contribution in [1.82, 2.24) is 4.98 Å². The zero-order chi connectivity index (χ0) is 13.5. The molecule has 0 spiro atoms. The van der Waals surface area contributed by atoms with E-state index in [9.17, 15) is 0 Å². The quantitative estimate of drug-likeness (QED) is 0.578. The molecule has 1 nitrogen and oxygen atoms in total. The molecule has 1 aromatic carbocycles. The van der Waals surface area contributed by atoms with Crippen LogP contribution in [0.1, 0.15) is 63.9 Å². The molecular weight excluding hydrogens is 230 g/mol. The van der Waals surface area contributed by atoms with Gasteiger partial charge in [0.2, 0.25) is 0 Å². The van der Waals surface area contributed by atoms with Crippen LogP contribution in [0.4, 0.5) is 0 Å². The first-order valence-corrected chi connectivity index (χ1v) is 7.66. The standard InChI is InChI=1S/C18H25N/c1-3-4-5-6-7-10-15(2)16-13-14-19-18-12-9-8-11-17(16)18/h8-9,11-15H,3-7,10H2,1-2H3. The number of para-hydroxylation sites is 1. The summed E-state index contributed by atoms with van der Waals surface area (Å²) in [7, 11) is 0. The van der Waals surface area contributed by atoms with Crippen LogP contribution in [0.5, 0.6) is 0 Å². The van der Waals surface area contributed by atoms with Gasteiger partial charge in [-0.3, -0.25) is 4.98 Å². The Morgan fingerprint density at radius 1 is 1.00 bits per heavy atom. The maximum atomic E-state index is 4.45. The summed E-state index contributed by atoms with van der Waals surface area (Å²) >= 11 is 0. The number of benzene rings is 1. The summed E-state index contributed by atoms with van der Waals surface area (Å²) in [6.45, 7) is 4.62. The molecule has 1 heteroatoms. The highest BCUT2D eigenvalue weighted by molar-refractivity contribution is 5.82. The monoisotopic (exact) mass is 255 g/mol. The second-order valence-corrected chi connectivity index (χ2v) is 5.52. The highest BCUT2D eigenvalue weighted by atomic mass is 14.6.